The third-order valence-corrected chi connectivity index (χ3v) is 6.07. The van der Waals surface area contributed by atoms with E-state index in [1.807, 2.05) is 66.7 Å². The number of β-lactam (4-membered cyclic amide) rings is 1. The summed E-state index contributed by atoms with van der Waals surface area (Å²) in [6, 6.07) is 21.8. The minimum absolute atomic E-state index is 0.0128. The lowest BCUT2D eigenvalue weighted by atomic mass is 9.90. The highest BCUT2D eigenvalue weighted by atomic mass is 16.6. The normalized spacial score (nSPS) is 21.7. The topological polar surface area (TPSA) is 89.0 Å². The molecule has 3 heterocycles. The van der Waals surface area contributed by atoms with Crippen LogP contribution in [0.25, 0.3) is 6.08 Å². The summed E-state index contributed by atoms with van der Waals surface area (Å²) in [6.45, 7) is 0.137. The number of hydrogen-bond acceptors (Lipinski definition) is 6. The first-order valence-electron chi connectivity index (χ1n) is 11.3. The van der Waals surface area contributed by atoms with Crippen molar-refractivity contribution in [1.29, 1.82) is 0 Å². The Balaban J connectivity index is 1.43. The zero-order valence-corrected chi connectivity index (χ0v) is 18.8. The molecule has 8 nitrogen and oxygen atoms in total. The first kappa shape index (κ1) is 22.3. The second-order valence-electron chi connectivity index (χ2n) is 8.24. The molecule has 0 N–H and O–H groups in total. The maximum absolute atomic E-state index is 13.1. The van der Waals surface area contributed by atoms with Crippen molar-refractivity contribution in [3.63, 3.8) is 0 Å². The minimum atomic E-state index is -0.876. The maximum Gasteiger partial charge on any atom is 0.418 e. The number of carbonyl (C=O) groups is 3. The average Bonchev–Trinajstić information content (AvgIpc) is 3.28. The van der Waals surface area contributed by atoms with Crippen LogP contribution in [-0.2, 0) is 20.9 Å². The number of hydrogen-bond donors (Lipinski definition) is 0. The predicted octanol–water partition coefficient (Wildman–Crippen LogP) is 4.41. The smallest absolute Gasteiger partial charge is 0.418 e. The van der Waals surface area contributed by atoms with Gasteiger partial charge in [-0.1, -0.05) is 78.9 Å². The summed E-state index contributed by atoms with van der Waals surface area (Å²) in [4.78, 5) is 45.5. The molecule has 5 rings (SSSR count). The van der Waals surface area contributed by atoms with E-state index in [0.717, 1.165) is 21.6 Å². The first-order chi connectivity index (χ1) is 17.1. The van der Waals surface area contributed by atoms with E-state index < -0.39 is 36.2 Å². The summed E-state index contributed by atoms with van der Waals surface area (Å²) in [5.41, 5.74) is 2.44. The largest absolute Gasteiger partial charge is 0.447 e. The molecule has 0 radical (unpaired) electrons. The number of benzene rings is 2. The van der Waals surface area contributed by atoms with Crippen LogP contribution in [0.5, 0.6) is 0 Å². The second-order valence-corrected chi connectivity index (χ2v) is 8.24. The van der Waals surface area contributed by atoms with Gasteiger partial charge in [0, 0.05) is 12.4 Å². The lowest BCUT2D eigenvalue weighted by Gasteiger charge is -2.48. The summed E-state index contributed by atoms with van der Waals surface area (Å²) in [7, 11) is 0. The number of cyclic esters (lactones) is 1. The molecule has 0 unspecified atom stereocenters. The monoisotopic (exact) mass is 469 g/mol. The van der Waals surface area contributed by atoms with Gasteiger partial charge in [0.25, 0.3) is 0 Å². The van der Waals surface area contributed by atoms with Crippen molar-refractivity contribution in [3.8, 4) is 0 Å². The Hall–Kier alpha value is -4.46. The zero-order chi connectivity index (χ0) is 24.2. The van der Waals surface area contributed by atoms with E-state index in [4.69, 9.17) is 9.47 Å². The van der Waals surface area contributed by atoms with Gasteiger partial charge in [0.15, 0.2) is 0 Å². The number of ether oxygens (including phenoxy) is 2. The Bertz CT molecular complexity index is 1230. The molecule has 2 aromatic carbocycles. The molecular formula is C27H23N3O5. The highest BCUT2D eigenvalue weighted by molar-refractivity contribution is 6.01. The molecule has 0 saturated carbocycles. The molecule has 2 aliphatic heterocycles. The van der Waals surface area contributed by atoms with Gasteiger partial charge >= 0.3 is 12.2 Å². The fourth-order valence-corrected chi connectivity index (χ4v) is 4.31. The summed E-state index contributed by atoms with van der Waals surface area (Å²) < 4.78 is 10.8. The number of aromatic nitrogens is 1. The van der Waals surface area contributed by atoms with Gasteiger partial charge < -0.3 is 9.47 Å². The zero-order valence-electron chi connectivity index (χ0n) is 18.8. The van der Waals surface area contributed by atoms with Gasteiger partial charge in [-0.15, -0.1) is 0 Å². The third kappa shape index (κ3) is 4.50. The Labute approximate surface area is 202 Å². The first-order valence-corrected chi connectivity index (χ1v) is 11.3. The number of nitrogens with zero attached hydrogens (tertiary/aromatic N) is 3. The van der Waals surface area contributed by atoms with Crippen LogP contribution >= 0.6 is 0 Å². The Morgan fingerprint density at radius 3 is 2.49 bits per heavy atom. The lowest BCUT2D eigenvalue weighted by Crippen LogP contribution is -2.69. The second kappa shape index (κ2) is 9.80. The van der Waals surface area contributed by atoms with Crippen molar-refractivity contribution >= 4 is 24.2 Å². The summed E-state index contributed by atoms with van der Waals surface area (Å²) in [5.74, 6) is -1.18. The molecule has 0 spiro atoms. The molecule has 35 heavy (non-hydrogen) atoms. The van der Waals surface area contributed by atoms with Crippen molar-refractivity contribution in [2.75, 3.05) is 6.61 Å². The molecule has 3 amide bonds. The van der Waals surface area contributed by atoms with Gasteiger partial charge in [-0.2, -0.15) is 0 Å². The number of carbonyl (C=O) groups excluding carboxylic acids is 3. The molecule has 2 aliphatic rings. The van der Waals surface area contributed by atoms with Crippen LogP contribution < -0.4 is 0 Å². The summed E-state index contributed by atoms with van der Waals surface area (Å²) in [5, 5.41) is 0. The number of amides is 3. The summed E-state index contributed by atoms with van der Waals surface area (Å²) in [6.07, 6.45) is 4.51. The Morgan fingerprint density at radius 1 is 1.03 bits per heavy atom. The van der Waals surface area contributed by atoms with Crippen LogP contribution in [0.3, 0.4) is 0 Å². The number of likely N-dealkylation sites (tertiary alicyclic amines) is 1. The van der Waals surface area contributed by atoms with Crippen molar-refractivity contribution in [2.24, 2.45) is 5.92 Å². The Morgan fingerprint density at radius 2 is 1.77 bits per heavy atom. The molecule has 2 saturated heterocycles. The molecule has 176 valence electrons. The quantitative estimate of drug-likeness (QED) is 0.497. The molecule has 2 fully saturated rings. The molecule has 3 aromatic rings. The van der Waals surface area contributed by atoms with E-state index in [1.165, 1.54) is 4.90 Å². The number of rotatable bonds is 6. The highest BCUT2D eigenvalue weighted by Gasteiger charge is 2.58. The van der Waals surface area contributed by atoms with Crippen molar-refractivity contribution in [2.45, 2.75) is 18.8 Å². The van der Waals surface area contributed by atoms with Gasteiger partial charge in [0.1, 0.15) is 19.4 Å². The molecule has 0 aliphatic carbocycles. The van der Waals surface area contributed by atoms with Crippen LogP contribution in [-0.4, -0.2) is 45.7 Å². The van der Waals surface area contributed by atoms with Crippen LogP contribution in [0.15, 0.2) is 91.3 Å². The van der Waals surface area contributed by atoms with Gasteiger partial charge in [0.2, 0.25) is 5.91 Å². The highest BCUT2D eigenvalue weighted by Crippen LogP contribution is 2.40. The molecule has 3 atom stereocenters. The SMILES string of the molecule is O=C(OCc1ccccc1)N1C(=O)[C@H](C=Cc2cccnc2)[C@@H]1N1C(=O)OC[C@@H]1c1ccccc1. The van der Waals surface area contributed by atoms with Crippen molar-refractivity contribution in [1.82, 2.24) is 14.8 Å². The number of imide groups is 1. The van der Waals surface area contributed by atoms with Crippen LogP contribution in [0, 0.1) is 5.92 Å². The molecule has 8 heteroatoms. The van der Waals surface area contributed by atoms with E-state index in [9.17, 15) is 14.4 Å². The van der Waals surface area contributed by atoms with Gasteiger partial charge in [-0.05, 0) is 22.8 Å². The van der Waals surface area contributed by atoms with E-state index in [0.29, 0.717) is 0 Å². The minimum Gasteiger partial charge on any atom is -0.447 e. The van der Waals surface area contributed by atoms with Gasteiger partial charge in [-0.3, -0.25) is 14.7 Å². The van der Waals surface area contributed by atoms with Gasteiger partial charge in [0.05, 0.1) is 12.0 Å². The van der Waals surface area contributed by atoms with Crippen molar-refractivity contribution in [3.05, 3.63) is 108 Å². The Kier molecular flexibility index (Phi) is 6.26. The van der Waals surface area contributed by atoms with Gasteiger partial charge in [-0.25, -0.2) is 14.5 Å². The summed E-state index contributed by atoms with van der Waals surface area (Å²) >= 11 is 0. The van der Waals surface area contributed by atoms with E-state index >= 15 is 0 Å². The van der Waals surface area contributed by atoms with Crippen LogP contribution in [0.1, 0.15) is 22.7 Å². The predicted molar refractivity (Wildman–Crippen MR) is 126 cm³/mol. The average molecular weight is 469 g/mol. The van der Waals surface area contributed by atoms with Crippen LogP contribution in [0.2, 0.25) is 0 Å². The van der Waals surface area contributed by atoms with Crippen LogP contribution in [0.4, 0.5) is 9.59 Å². The fraction of sp³-hybridized carbons (Fsp3) is 0.185. The van der Waals surface area contributed by atoms with Crippen molar-refractivity contribution < 1.29 is 23.9 Å². The van der Waals surface area contributed by atoms with E-state index in [2.05, 4.69) is 4.98 Å². The molecular weight excluding hydrogens is 446 g/mol. The fourth-order valence-electron chi connectivity index (χ4n) is 4.31. The van der Waals surface area contributed by atoms with E-state index in [-0.39, 0.29) is 13.2 Å². The standard InChI is InChI=1S/C27H23N3O5/c31-25-22(14-13-19-10-7-15-28-16-19)24(30(25)27(33)34-17-20-8-3-1-4-9-20)29-23(18-35-26(29)32)21-11-5-2-6-12-21/h1-16,22-24H,17-18H2/t22-,23-,24-/m1/s1. The maximum atomic E-state index is 13.1. The van der Waals surface area contributed by atoms with E-state index in [1.54, 1.807) is 30.6 Å². The third-order valence-electron chi connectivity index (χ3n) is 6.07. The number of pyridine rings is 1. The lowest BCUT2D eigenvalue weighted by molar-refractivity contribution is -0.158. The molecule has 1 aromatic heterocycles. The molecule has 0 bridgehead atoms.